The van der Waals surface area contributed by atoms with Gasteiger partial charge in [-0.1, -0.05) is 17.3 Å². The Balaban J connectivity index is 1.74. The van der Waals surface area contributed by atoms with Crippen LogP contribution in [0.2, 0.25) is 0 Å². The average molecular weight is 244 g/mol. The summed E-state index contributed by atoms with van der Waals surface area (Å²) in [5, 5.41) is 11.3. The lowest BCUT2D eigenvalue weighted by molar-refractivity contribution is 0.0770. The molecule has 1 aliphatic rings. The van der Waals surface area contributed by atoms with Crippen LogP contribution in [0.1, 0.15) is 5.56 Å². The molecule has 1 fully saturated rings. The SMILES string of the molecule is c1cc(C[C@@H]2COCCN2)cc(-n2ccnn2)c1. The number of ether oxygens (including phenoxy) is 1. The van der Waals surface area contributed by atoms with Gasteiger partial charge in [0.05, 0.1) is 31.3 Å². The average Bonchev–Trinajstić information content (AvgIpc) is 2.94. The number of nitrogens with zero attached hydrogens (tertiary/aromatic N) is 3. The predicted octanol–water partition coefficient (Wildman–Crippen LogP) is 0.798. The van der Waals surface area contributed by atoms with Crippen LogP contribution in [0.5, 0.6) is 0 Å². The molecule has 0 amide bonds. The van der Waals surface area contributed by atoms with Gasteiger partial charge >= 0.3 is 0 Å². The van der Waals surface area contributed by atoms with Crippen LogP contribution in [-0.4, -0.2) is 40.8 Å². The summed E-state index contributed by atoms with van der Waals surface area (Å²) in [6, 6.07) is 8.77. The largest absolute Gasteiger partial charge is 0.379 e. The number of nitrogens with one attached hydrogen (secondary N) is 1. The summed E-state index contributed by atoms with van der Waals surface area (Å²) in [5.74, 6) is 0. The number of benzene rings is 1. The van der Waals surface area contributed by atoms with Gasteiger partial charge in [-0.15, -0.1) is 5.10 Å². The van der Waals surface area contributed by atoms with Gasteiger partial charge in [-0.05, 0) is 24.1 Å². The van der Waals surface area contributed by atoms with Gasteiger partial charge in [0.15, 0.2) is 0 Å². The molecule has 0 unspecified atom stereocenters. The topological polar surface area (TPSA) is 52.0 Å². The standard InChI is InChI=1S/C13H16N4O/c1-2-11(8-12-10-18-7-5-14-12)9-13(3-1)17-6-4-15-16-17/h1-4,6,9,12,14H,5,7-8,10H2/t12-/m1/s1. The zero-order valence-electron chi connectivity index (χ0n) is 10.1. The second-order valence-corrected chi connectivity index (χ2v) is 4.45. The Labute approximate surface area is 106 Å². The Morgan fingerprint density at radius 3 is 3.22 bits per heavy atom. The van der Waals surface area contributed by atoms with Crippen LogP contribution in [0, 0.1) is 0 Å². The molecule has 1 aromatic heterocycles. The molecule has 0 radical (unpaired) electrons. The summed E-state index contributed by atoms with van der Waals surface area (Å²) in [7, 11) is 0. The number of rotatable bonds is 3. The maximum absolute atomic E-state index is 5.47. The minimum absolute atomic E-state index is 0.407. The second-order valence-electron chi connectivity index (χ2n) is 4.45. The Morgan fingerprint density at radius 1 is 1.44 bits per heavy atom. The van der Waals surface area contributed by atoms with E-state index in [4.69, 9.17) is 4.74 Å². The molecule has 0 aliphatic carbocycles. The van der Waals surface area contributed by atoms with Crippen molar-refractivity contribution >= 4 is 0 Å². The summed E-state index contributed by atoms with van der Waals surface area (Å²) in [6.45, 7) is 2.54. The van der Waals surface area contributed by atoms with Crippen molar-refractivity contribution in [3.05, 3.63) is 42.2 Å². The van der Waals surface area contributed by atoms with E-state index in [1.165, 1.54) is 5.56 Å². The third-order valence-corrected chi connectivity index (χ3v) is 3.08. The molecule has 1 aromatic carbocycles. The Hall–Kier alpha value is -1.72. The number of hydrogen-bond donors (Lipinski definition) is 1. The van der Waals surface area contributed by atoms with Crippen LogP contribution in [0.4, 0.5) is 0 Å². The third kappa shape index (κ3) is 2.57. The molecule has 18 heavy (non-hydrogen) atoms. The van der Waals surface area contributed by atoms with Crippen molar-refractivity contribution in [1.82, 2.24) is 20.3 Å². The normalized spacial score (nSPS) is 19.9. The zero-order chi connectivity index (χ0) is 12.2. The van der Waals surface area contributed by atoms with E-state index in [9.17, 15) is 0 Å². The van der Waals surface area contributed by atoms with Crippen molar-refractivity contribution in [2.75, 3.05) is 19.8 Å². The number of aromatic nitrogens is 3. The zero-order valence-corrected chi connectivity index (χ0v) is 10.1. The van der Waals surface area contributed by atoms with Gasteiger partial charge in [0.1, 0.15) is 0 Å². The summed E-state index contributed by atoms with van der Waals surface area (Å²) in [4.78, 5) is 0. The second kappa shape index (κ2) is 5.29. The smallest absolute Gasteiger partial charge is 0.0697 e. The van der Waals surface area contributed by atoms with Gasteiger partial charge in [0.25, 0.3) is 0 Å². The van der Waals surface area contributed by atoms with E-state index in [0.717, 1.165) is 31.9 Å². The highest BCUT2D eigenvalue weighted by Crippen LogP contribution is 2.12. The van der Waals surface area contributed by atoms with E-state index in [-0.39, 0.29) is 0 Å². The van der Waals surface area contributed by atoms with Crippen molar-refractivity contribution in [3.63, 3.8) is 0 Å². The van der Waals surface area contributed by atoms with Crippen LogP contribution in [0.25, 0.3) is 5.69 Å². The van der Waals surface area contributed by atoms with Gasteiger partial charge in [-0.3, -0.25) is 0 Å². The summed E-state index contributed by atoms with van der Waals surface area (Å²) in [6.07, 6.45) is 4.51. The Bertz CT molecular complexity index is 491. The van der Waals surface area contributed by atoms with E-state index in [1.54, 1.807) is 10.9 Å². The number of hydrogen-bond acceptors (Lipinski definition) is 4. The molecule has 1 N–H and O–H groups in total. The minimum atomic E-state index is 0.407. The maximum Gasteiger partial charge on any atom is 0.0697 e. The van der Waals surface area contributed by atoms with E-state index in [0.29, 0.717) is 6.04 Å². The molecule has 1 atom stereocenters. The molecular formula is C13H16N4O. The molecule has 5 nitrogen and oxygen atoms in total. The Morgan fingerprint density at radius 2 is 2.44 bits per heavy atom. The lowest BCUT2D eigenvalue weighted by Crippen LogP contribution is -2.42. The van der Waals surface area contributed by atoms with Gasteiger partial charge < -0.3 is 10.1 Å². The van der Waals surface area contributed by atoms with Crippen LogP contribution in [0.3, 0.4) is 0 Å². The fourth-order valence-corrected chi connectivity index (χ4v) is 2.21. The van der Waals surface area contributed by atoms with Crippen LogP contribution in [0.15, 0.2) is 36.7 Å². The van der Waals surface area contributed by atoms with Crippen LogP contribution in [-0.2, 0) is 11.2 Å². The van der Waals surface area contributed by atoms with Crippen LogP contribution < -0.4 is 5.32 Å². The molecule has 94 valence electrons. The molecule has 2 heterocycles. The van der Waals surface area contributed by atoms with Crippen molar-refractivity contribution in [2.45, 2.75) is 12.5 Å². The quantitative estimate of drug-likeness (QED) is 0.867. The highest BCUT2D eigenvalue weighted by atomic mass is 16.5. The first-order valence-electron chi connectivity index (χ1n) is 6.18. The van der Waals surface area contributed by atoms with Gasteiger partial charge in [0.2, 0.25) is 0 Å². The molecule has 2 aromatic rings. The summed E-state index contributed by atoms with van der Waals surface area (Å²) in [5.41, 5.74) is 2.33. The molecule has 5 heteroatoms. The summed E-state index contributed by atoms with van der Waals surface area (Å²) < 4.78 is 7.24. The highest BCUT2D eigenvalue weighted by Gasteiger charge is 2.13. The fourth-order valence-electron chi connectivity index (χ4n) is 2.21. The van der Waals surface area contributed by atoms with E-state index in [1.807, 2.05) is 12.3 Å². The highest BCUT2D eigenvalue weighted by molar-refractivity contribution is 5.35. The predicted molar refractivity (Wildman–Crippen MR) is 67.7 cm³/mol. The molecule has 1 saturated heterocycles. The van der Waals surface area contributed by atoms with E-state index >= 15 is 0 Å². The van der Waals surface area contributed by atoms with E-state index < -0.39 is 0 Å². The van der Waals surface area contributed by atoms with Crippen molar-refractivity contribution in [2.24, 2.45) is 0 Å². The van der Waals surface area contributed by atoms with Crippen molar-refractivity contribution in [3.8, 4) is 5.69 Å². The summed E-state index contributed by atoms with van der Waals surface area (Å²) >= 11 is 0. The van der Waals surface area contributed by atoms with Crippen molar-refractivity contribution < 1.29 is 4.74 Å². The first-order chi connectivity index (χ1) is 8.92. The molecule has 0 spiro atoms. The molecule has 0 saturated carbocycles. The molecular weight excluding hydrogens is 228 g/mol. The van der Waals surface area contributed by atoms with Crippen molar-refractivity contribution in [1.29, 1.82) is 0 Å². The minimum Gasteiger partial charge on any atom is -0.379 e. The Kier molecular flexibility index (Phi) is 3.34. The lowest BCUT2D eigenvalue weighted by atomic mass is 10.1. The van der Waals surface area contributed by atoms with Gasteiger partial charge in [-0.25, -0.2) is 4.68 Å². The monoisotopic (exact) mass is 244 g/mol. The first kappa shape index (κ1) is 11.4. The maximum atomic E-state index is 5.47. The molecule has 1 aliphatic heterocycles. The first-order valence-corrected chi connectivity index (χ1v) is 6.18. The third-order valence-electron chi connectivity index (χ3n) is 3.08. The molecule has 3 rings (SSSR count). The lowest BCUT2D eigenvalue weighted by Gasteiger charge is -2.23. The van der Waals surface area contributed by atoms with Gasteiger partial charge in [0, 0.05) is 12.6 Å². The molecule has 0 bridgehead atoms. The van der Waals surface area contributed by atoms with E-state index in [2.05, 4.69) is 33.8 Å². The van der Waals surface area contributed by atoms with Gasteiger partial charge in [-0.2, -0.15) is 0 Å². The number of morpholine rings is 1. The fraction of sp³-hybridized carbons (Fsp3) is 0.385. The van der Waals surface area contributed by atoms with Crippen LogP contribution >= 0.6 is 0 Å².